The topological polar surface area (TPSA) is 70.1 Å². The summed E-state index contributed by atoms with van der Waals surface area (Å²) in [7, 11) is 0. The Labute approximate surface area is 49.0 Å². The Kier molecular flexibility index (Phi) is 2.48. The first-order chi connectivity index (χ1) is 3.55. The van der Waals surface area contributed by atoms with Gasteiger partial charge in [0.05, 0.1) is 0 Å². The Morgan fingerprint density at radius 2 is 2.00 bits per heavy atom. The summed E-state index contributed by atoms with van der Waals surface area (Å²) < 4.78 is 0. The van der Waals surface area contributed by atoms with Crippen molar-refractivity contribution in [1.29, 1.82) is 5.41 Å². The lowest BCUT2D eigenvalue weighted by atomic mass is 10.1. The van der Waals surface area contributed by atoms with Gasteiger partial charge in [0.25, 0.3) is 0 Å². The van der Waals surface area contributed by atoms with Crippen molar-refractivity contribution in [2.75, 3.05) is 0 Å². The van der Waals surface area contributed by atoms with E-state index in [0.717, 1.165) is 0 Å². The molecule has 0 aromatic carbocycles. The van der Waals surface area contributed by atoms with Gasteiger partial charge in [0.1, 0.15) is 11.9 Å². The average Bonchev–Trinajstić information content (AvgIpc) is 1.64. The number of hydrogen-bond donors (Lipinski definition) is 3. The lowest BCUT2D eigenvalue weighted by molar-refractivity contribution is 0.188. The van der Waals surface area contributed by atoms with Crippen molar-refractivity contribution in [2.45, 2.75) is 20.0 Å². The van der Waals surface area contributed by atoms with Gasteiger partial charge >= 0.3 is 0 Å². The molecule has 0 amide bonds. The molecule has 0 rings (SSSR count). The van der Waals surface area contributed by atoms with Crippen LogP contribution in [0.3, 0.4) is 0 Å². The summed E-state index contributed by atoms with van der Waals surface area (Å²) in [6.07, 6.45) is -0.769. The second kappa shape index (κ2) is 2.67. The summed E-state index contributed by atoms with van der Waals surface area (Å²) in [5, 5.41) is 15.6. The van der Waals surface area contributed by atoms with Crippen LogP contribution in [-0.4, -0.2) is 17.0 Å². The van der Waals surface area contributed by atoms with Crippen molar-refractivity contribution >= 4 is 5.84 Å². The monoisotopic (exact) mass is 116 g/mol. The molecule has 0 aromatic rings. The molecule has 8 heavy (non-hydrogen) atoms. The molecule has 48 valence electrons. The smallest absolute Gasteiger partial charge is 0.120 e. The molecular weight excluding hydrogens is 104 g/mol. The molecule has 0 aliphatic carbocycles. The highest BCUT2D eigenvalue weighted by atomic mass is 16.3. The van der Waals surface area contributed by atoms with Gasteiger partial charge in [-0.25, -0.2) is 0 Å². The summed E-state index contributed by atoms with van der Waals surface area (Å²) in [5.41, 5.74) is 4.97. The van der Waals surface area contributed by atoms with Crippen LogP contribution in [0.1, 0.15) is 13.8 Å². The maximum absolute atomic E-state index is 8.85. The first-order valence-corrected chi connectivity index (χ1v) is 2.57. The van der Waals surface area contributed by atoms with Gasteiger partial charge in [0.2, 0.25) is 0 Å². The summed E-state index contributed by atoms with van der Waals surface area (Å²) >= 11 is 0. The average molecular weight is 116 g/mol. The number of nitrogens with two attached hydrogens (primary N) is 1. The van der Waals surface area contributed by atoms with E-state index in [-0.39, 0.29) is 11.8 Å². The first-order valence-electron chi connectivity index (χ1n) is 2.57. The van der Waals surface area contributed by atoms with Gasteiger partial charge in [0, 0.05) is 0 Å². The third-order valence-corrected chi connectivity index (χ3v) is 0.950. The number of nitrogens with one attached hydrogen (secondary N) is 1. The lowest BCUT2D eigenvalue weighted by Crippen LogP contribution is -2.31. The third-order valence-electron chi connectivity index (χ3n) is 0.950. The van der Waals surface area contributed by atoms with E-state index in [0.29, 0.717) is 0 Å². The maximum atomic E-state index is 8.85. The van der Waals surface area contributed by atoms with E-state index in [2.05, 4.69) is 0 Å². The molecule has 0 saturated carbocycles. The Morgan fingerprint density at radius 1 is 1.62 bits per heavy atom. The Bertz CT molecular complexity index is 90.4. The fourth-order valence-corrected chi connectivity index (χ4v) is 0.359. The normalized spacial score (nSPS) is 14.0. The first kappa shape index (κ1) is 7.43. The summed E-state index contributed by atoms with van der Waals surface area (Å²) in [4.78, 5) is 0. The summed E-state index contributed by atoms with van der Waals surface area (Å²) in [6.45, 7) is 3.62. The van der Waals surface area contributed by atoms with Gasteiger partial charge in [-0.05, 0) is 5.92 Å². The van der Waals surface area contributed by atoms with Crippen LogP contribution in [0.15, 0.2) is 0 Å². The summed E-state index contributed by atoms with van der Waals surface area (Å²) in [5.74, 6) is -0.104. The van der Waals surface area contributed by atoms with Gasteiger partial charge < -0.3 is 10.8 Å². The molecule has 0 saturated heterocycles. The second-order valence-electron chi connectivity index (χ2n) is 2.14. The molecule has 1 atom stereocenters. The minimum absolute atomic E-state index is 0.0486. The predicted octanol–water partition coefficient (Wildman–Crippen LogP) is -0.0607. The van der Waals surface area contributed by atoms with E-state index in [9.17, 15) is 0 Å². The fraction of sp³-hybridized carbons (Fsp3) is 0.800. The molecular formula is C5H12N2O. The largest absolute Gasteiger partial charge is 0.385 e. The van der Waals surface area contributed by atoms with Gasteiger partial charge in [-0.1, -0.05) is 13.8 Å². The van der Waals surface area contributed by atoms with E-state index in [4.69, 9.17) is 16.2 Å². The molecule has 0 bridgehead atoms. The van der Waals surface area contributed by atoms with Crippen LogP contribution in [-0.2, 0) is 0 Å². The standard InChI is InChI=1S/C5H12N2O/c1-3(2)4(8)5(6)7/h3-4,8H,1-2H3,(H3,6,7). The zero-order valence-corrected chi connectivity index (χ0v) is 5.18. The molecule has 0 spiro atoms. The van der Waals surface area contributed by atoms with Crippen LogP contribution in [0.25, 0.3) is 0 Å². The van der Waals surface area contributed by atoms with Crippen LogP contribution >= 0.6 is 0 Å². The molecule has 0 aromatic heterocycles. The number of aliphatic hydroxyl groups is 1. The van der Waals surface area contributed by atoms with E-state index >= 15 is 0 Å². The van der Waals surface area contributed by atoms with Gasteiger partial charge in [-0.3, -0.25) is 5.41 Å². The van der Waals surface area contributed by atoms with Crippen molar-refractivity contribution in [3.05, 3.63) is 0 Å². The van der Waals surface area contributed by atoms with Crippen LogP contribution in [0.4, 0.5) is 0 Å². The zero-order chi connectivity index (χ0) is 6.73. The highest BCUT2D eigenvalue weighted by molar-refractivity contribution is 5.81. The highest BCUT2D eigenvalue weighted by Gasteiger charge is 2.10. The number of hydrogen-bond acceptors (Lipinski definition) is 2. The summed E-state index contributed by atoms with van der Waals surface area (Å²) in [6, 6.07) is 0. The van der Waals surface area contributed by atoms with Crippen LogP contribution in [0, 0.1) is 11.3 Å². The number of rotatable bonds is 2. The minimum Gasteiger partial charge on any atom is -0.385 e. The molecule has 1 unspecified atom stereocenters. The molecule has 0 aliphatic rings. The van der Waals surface area contributed by atoms with Crippen LogP contribution in [0.2, 0.25) is 0 Å². The van der Waals surface area contributed by atoms with E-state index in [1.807, 2.05) is 13.8 Å². The molecule has 3 heteroatoms. The van der Waals surface area contributed by atoms with Crippen molar-refractivity contribution in [3.8, 4) is 0 Å². The van der Waals surface area contributed by atoms with E-state index < -0.39 is 6.10 Å². The third kappa shape index (κ3) is 1.93. The molecule has 0 fully saturated rings. The van der Waals surface area contributed by atoms with Gasteiger partial charge in [0.15, 0.2) is 0 Å². The SMILES string of the molecule is CC(C)C(O)C(=N)N. The fourth-order valence-electron chi connectivity index (χ4n) is 0.359. The van der Waals surface area contributed by atoms with Gasteiger partial charge in [-0.15, -0.1) is 0 Å². The van der Waals surface area contributed by atoms with Crippen LogP contribution < -0.4 is 5.73 Å². The van der Waals surface area contributed by atoms with Crippen molar-refractivity contribution in [1.82, 2.24) is 0 Å². The van der Waals surface area contributed by atoms with Crippen molar-refractivity contribution in [2.24, 2.45) is 11.7 Å². The van der Waals surface area contributed by atoms with Crippen molar-refractivity contribution < 1.29 is 5.11 Å². The molecule has 0 heterocycles. The lowest BCUT2D eigenvalue weighted by Gasteiger charge is -2.10. The number of aliphatic hydroxyl groups excluding tert-OH is 1. The predicted molar refractivity (Wildman–Crippen MR) is 32.8 cm³/mol. The molecule has 4 N–H and O–H groups in total. The van der Waals surface area contributed by atoms with Crippen LogP contribution in [0.5, 0.6) is 0 Å². The quantitative estimate of drug-likeness (QED) is 0.349. The Morgan fingerprint density at radius 3 is 2.00 bits per heavy atom. The van der Waals surface area contributed by atoms with E-state index in [1.54, 1.807) is 0 Å². The minimum atomic E-state index is -0.769. The molecule has 0 radical (unpaired) electrons. The maximum Gasteiger partial charge on any atom is 0.120 e. The zero-order valence-electron chi connectivity index (χ0n) is 5.18. The Hall–Kier alpha value is -0.570. The van der Waals surface area contributed by atoms with Gasteiger partial charge in [-0.2, -0.15) is 0 Å². The highest BCUT2D eigenvalue weighted by Crippen LogP contribution is 1.98. The van der Waals surface area contributed by atoms with E-state index in [1.165, 1.54) is 0 Å². The Balaban J connectivity index is 3.64. The second-order valence-corrected chi connectivity index (χ2v) is 2.14. The van der Waals surface area contributed by atoms with Crippen molar-refractivity contribution in [3.63, 3.8) is 0 Å². The number of amidine groups is 1. The molecule has 0 aliphatic heterocycles. The molecule has 3 nitrogen and oxygen atoms in total.